The van der Waals surface area contributed by atoms with E-state index >= 15 is 0 Å². The van der Waals surface area contributed by atoms with Gasteiger partial charge in [0.25, 0.3) is 5.56 Å². The number of aryl methyl sites for hydroxylation is 1. The van der Waals surface area contributed by atoms with Gasteiger partial charge in [0.15, 0.2) is 0 Å². The molecule has 3 rings (SSSR count). The number of benzene rings is 1. The highest BCUT2D eigenvalue weighted by Gasteiger charge is 2.13. The summed E-state index contributed by atoms with van der Waals surface area (Å²) >= 11 is 7.43. The third-order valence-electron chi connectivity index (χ3n) is 3.86. The van der Waals surface area contributed by atoms with Crippen LogP contribution in [0.15, 0.2) is 53.6 Å². The maximum atomic E-state index is 12.2. The molecule has 0 aliphatic rings. The minimum absolute atomic E-state index is 0.150. The molecule has 0 bridgehead atoms. The maximum absolute atomic E-state index is 12.2. The number of nitrogens with zero attached hydrogens (tertiary/aromatic N) is 2. The van der Waals surface area contributed by atoms with E-state index in [1.165, 1.54) is 10.6 Å². The van der Waals surface area contributed by atoms with Crippen LogP contribution in [0.2, 0.25) is 5.02 Å². The first-order chi connectivity index (χ1) is 12.9. The van der Waals surface area contributed by atoms with Crippen LogP contribution in [-0.4, -0.2) is 15.6 Å². The van der Waals surface area contributed by atoms with Gasteiger partial charge in [-0.25, -0.2) is 9.78 Å². The molecule has 27 heavy (non-hydrogen) atoms. The Balaban J connectivity index is 1.67. The molecule has 8 heteroatoms. The van der Waals surface area contributed by atoms with Crippen molar-refractivity contribution in [3.05, 3.63) is 79.6 Å². The number of rotatable bonds is 5. The second-order valence-electron chi connectivity index (χ2n) is 6.14. The fourth-order valence-electron chi connectivity index (χ4n) is 2.51. The summed E-state index contributed by atoms with van der Waals surface area (Å²) in [6.45, 7) is 4.24. The molecule has 0 saturated carbocycles. The van der Waals surface area contributed by atoms with E-state index in [9.17, 15) is 9.59 Å². The number of carbonyl (C=O) groups excluding carboxylic acids is 1. The van der Waals surface area contributed by atoms with Gasteiger partial charge in [0.1, 0.15) is 5.01 Å². The van der Waals surface area contributed by atoms with Crippen LogP contribution in [0.25, 0.3) is 0 Å². The highest BCUT2D eigenvalue weighted by Crippen LogP contribution is 2.19. The Morgan fingerprint density at radius 2 is 2.00 bits per heavy atom. The lowest BCUT2D eigenvalue weighted by Gasteiger charge is -2.13. The lowest BCUT2D eigenvalue weighted by Crippen LogP contribution is -2.31. The lowest BCUT2D eigenvalue weighted by molar-refractivity contribution is 0.249. The topological polar surface area (TPSA) is 76.0 Å². The average molecular weight is 403 g/mol. The Bertz CT molecular complexity index is 997. The molecular formula is C19H19ClN4O2S. The minimum Gasteiger partial charge on any atom is -0.329 e. The number of hydrogen-bond acceptors (Lipinski definition) is 4. The summed E-state index contributed by atoms with van der Waals surface area (Å²) in [6.07, 6.45) is 3.40. The van der Waals surface area contributed by atoms with E-state index < -0.39 is 0 Å². The van der Waals surface area contributed by atoms with Crippen LogP contribution < -0.4 is 16.2 Å². The van der Waals surface area contributed by atoms with Crippen LogP contribution >= 0.6 is 22.9 Å². The Hall–Kier alpha value is -2.64. The van der Waals surface area contributed by atoms with E-state index in [0.29, 0.717) is 17.3 Å². The predicted octanol–water partition coefficient (Wildman–Crippen LogP) is 4.20. The molecule has 2 N–H and O–H groups in total. The molecule has 0 aliphatic carbocycles. The molecule has 140 valence electrons. The molecule has 0 fully saturated rings. The van der Waals surface area contributed by atoms with Crippen LogP contribution in [-0.2, 0) is 6.54 Å². The normalized spacial score (nSPS) is 11.8. The SMILES string of the molecule is Cc1cnc(C(C)NC(=O)Nc2ccc(=O)n(Cc3ccc(Cl)cc3)c2)s1. The van der Waals surface area contributed by atoms with E-state index in [-0.39, 0.29) is 17.6 Å². The van der Waals surface area contributed by atoms with Gasteiger partial charge < -0.3 is 15.2 Å². The lowest BCUT2D eigenvalue weighted by atomic mass is 10.2. The number of carbonyl (C=O) groups is 1. The van der Waals surface area contributed by atoms with Gasteiger partial charge in [-0.3, -0.25) is 4.79 Å². The van der Waals surface area contributed by atoms with Crippen molar-refractivity contribution in [2.24, 2.45) is 0 Å². The fraction of sp³-hybridized carbons (Fsp3) is 0.211. The maximum Gasteiger partial charge on any atom is 0.319 e. The molecule has 1 aromatic carbocycles. The second kappa shape index (κ2) is 8.37. The smallest absolute Gasteiger partial charge is 0.319 e. The number of amides is 2. The van der Waals surface area contributed by atoms with Crippen LogP contribution in [0.1, 0.15) is 28.4 Å². The van der Waals surface area contributed by atoms with Crippen LogP contribution in [0.5, 0.6) is 0 Å². The number of pyridine rings is 1. The van der Waals surface area contributed by atoms with Crippen LogP contribution in [0.4, 0.5) is 10.5 Å². The second-order valence-corrected chi connectivity index (χ2v) is 7.84. The molecule has 0 aliphatic heterocycles. The minimum atomic E-state index is -0.355. The zero-order valence-corrected chi connectivity index (χ0v) is 16.5. The van der Waals surface area contributed by atoms with Gasteiger partial charge in [0, 0.05) is 28.4 Å². The number of hydrogen-bond donors (Lipinski definition) is 2. The molecule has 6 nitrogen and oxygen atoms in total. The van der Waals surface area contributed by atoms with Crippen molar-refractivity contribution in [2.75, 3.05) is 5.32 Å². The van der Waals surface area contributed by atoms with Gasteiger partial charge in [-0.05, 0) is 37.6 Å². The molecule has 1 atom stereocenters. The standard InChI is InChI=1S/C19H19ClN4O2S/c1-12-9-21-18(27-12)13(2)22-19(26)23-16-7-8-17(25)24(11-16)10-14-3-5-15(20)6-4-14/h3-9,11,13H,10H2,1-2H3,(H2,22,23,26). The van der Waals surface area contributed by atoms with Crippen molar-refractivity contribution in [1.82, 2.24) is 14.9 Å². The number of nitrogens with one attached hydrogen (secondary N) is 2. The monoisotopic (exact) mass is 402 g/mol. The van der Waals surface area contributed by atoms with Crippen molar-refractivity contribution in [3.8, 4) is 0 Å². The zero-order chi connectivity index (χ0) is 19.4. The summed E-state index contributed by atoms with van der Waals surface area (Å²) < 4.78 is 1.53. The predicted molar refractivity (Wildman–Crippen MR) is 109 cm³/mol. The fourth-order valence-corrected chi connectivity index (χ4v) is 3.42. The van der Waals surface area contributed by atoms with Gasteiger partial charge in [0.05, 0.1) is 18.3 Å². The highest BCUT2D eigenvalue weighted by molar-refractivity contribution is 7.11. The third-order valence-corrected chi connectivity index (χ3v) is 5.21. The van der Waals surface area contributed by atoms with Crippen molar-refractivity contribution >= 4 is 34.7 Å². The molecule has 2 heterocycles. The quantitative estimate of drug-likeness (QED) is 0.671. The summed E-state index contributed by atoms with van der Waals surface area (Å²) in [5, 5.41) is 7.09. The molecule has 0 saturated heterocycles. The summed E-state index contributed by atoms with van der Waals surface area (Å²) in [5.41, 5.74) is 1.32. The molecule has 1 unspecified atom stereocenters. The number of halogens is 1. The molecule has 2 amide bonds. The first-order valence-corrected chi connectivity index (χ1v) is 9.55. The van der Waals surface area contributed by atoms with E-state index in [2.05, 4.69) is 15.6 Å². The van der Waals surface area contributed by atoms with E-state index in [0.717, 1.165) is 15.4 Å². The molecular weight excluding hydrogens is 384 g/mol. The summed E-state index contributed by atoms with van der Waals surface area (Å²) in [5.74, 6) is 0. The molecule has 0 radical (unpaired) electrons. The van der Waals surface area contributed by atoms with E-state index in [1.54, 1.807) is 41.9 Å². The Morgan fingerprint density at radius 1 is 1.26 bits per heavy atom. The van der Waals surface area contributed by atoms with Crippen LogP contribution in [0, 0.1) is 6.92 Å². The number of thiazole rings is 1. The summed E-state index contributed by atoms with van der Waals surface area (Å²) in [7, 11) is 0. The number of aromatic nitrogens is 2. The largest absolute Gasteiger partial charge is 0.329 e. The van der Waals surface area contributed by atoms with Crippen molar-refractivity contribution in [2.45, 2.75) is 26.4 Å². The molecule has 3 aromatic rings. The van der Waals surface area contributed by atoms with Crippen molar-refractivity contribution < 1.29 is 4.79 Å². The highest BCUT2D eigenvalue weighted by atomic mass is 35.5. The first-order valence-electron chi connectivity index (χ1n) is 8.35. The number of anilines is 1. The Labute approximate surface area is 165 Å². The zero-order valence-electron chi connectivity index (χ0n) is 14.9. The summed E-state index contributed by atoms with van der Waals surface area (Å²) in [6, 6.07) is 9.73. The Morgan fingerprint density at radius 3 is 2.67 bits per heavy atom. The van der Waals surface area contributed by atoms with Crippen molar-refractivity contribution in [1.29, 1.82) is 0 Å². The third kappa shape index (κ3) is 5.18. The van der Waals surface area contributed by atoms with Gasteiger partial charge >= 0.3 is 6.03 Å². The first kappa shape index (κ1) is 19.1. The number of urea groups is 1. The van der Waals surface area contributed by atoms with Gasteiger partial charge in [-0.2, -0.15) is 0 Å². The van der Waals surface area contributed by atoms with Crippen LogP contribution in [0.3, 0.4) is 0 Å². The Kier molecular flexibility index (Phi) is 5.93. The average Bonchev–Trinajstić information content (AvgIpc) is 3.06. The van der Waals surface area contributed by atoms with Gasteiger partial charge in [-0.15, -0.1) is 11.3 Å². The van der Waals surface area contributed by atoms with Crippen molar-refractivity contribution in [3.63, 3.8) is 0 Å². The van der Waals surface area contributed by atoms with Gasteiger partial charge in [0.2, 0.25) is 0 Å². The van der Waals surface area contributed by atoms with E-state index in [1.807, 2.05) is 26.0 Å². The summed E-state index contributed by atoms with van der Waals surface area (Å²) in [4.78, 5) is 29.7. The van der Waals surface area contributed by atoms with E-state index in [4.69, 9.17) is 11.6 Å². The molecule has 0 spiro atoms. The van der Waals surface area contributed by atoms with Gasteiger partial charge in [-0.1, -0.05) is 23.7 Å². The molecule has 2 aromatic heterocycles.